The van der Waals surface area contributed by atoms with E-state index in [1.54, 1.807) is 24.7 Å². The Bertz CT molecular complexity index is 561. The highest BCUT2D eigenvalue weighted by Gasteiger charge is 2.19. The van der Waals surface area contributed by atoms with Crippen LogP contribution < -0.4 is 5.32 Å². The fourth-order valence-electron chi connectivity index (χ4n) is 1.52. The van der Waals surface area contributed by atoms with E-state index in [1.807, 2.05) is 13.2 Å². The molecule has 2 heterocycles. The predicted molar refractivity (Wildman–Crippen MR) is 69.3 cm³/mol. The van der Waals surface area contributed by atoms with Crippen LogP contribution in [0.25, 0.3) is 0 Å². The molecule has 2 aromatic heterocycles. The molecule has 6 nitrogen and oxygen atoms in total. The molecule has 0 unspecified atom stereocenters. The number of aromatic nitrogens is 3. The van der Waals surface area contributed by atoms with Crippen LogP contribution in [0.2, 0.25) is 0 Å². The highest BCUT2D eigenvalue weighted by Crippen LogP contribution is 2.28. The average molecular weight is 266 g/mol. The maximum atomic E-state index is 11.8. The molecule has 2 rings (SSSR count). The predicted octanol–water partition coefficient (Wildman–Crippen LogP) is 2.11. The van der Waals surface area contributed by atoms with Gasteiger partial charge in [0.15, 0.2) is 0 Å². The Kier molecular flexibility index (Phi) is 3.61. The monoisotopic (exact) mass is 266 g/mol. The van der Waals surface area contributed by atoms with Crippen molar-refractivity contribution in [3.63, 3.8) is 0 Å². The molecule has 0 saturated heterocycles. The Balaban J connectivity index is 2.26. The van der Waals surface area contributed by atoms with Crippen molar-refractivity contribution < 1.29 is 9.53 Å². The van der Waals surface area contributed by atoms with E-state index in [9.17, 15) is 4.79 Å². The van der Waals surface area contributed by atoms with Crippen molar-refractivity contribution >= 4 is 28.2 Å². The Labute approximate surface area is 109 Å². The summed E-state index contributed by atoms with van der Waals surface area (Å²) in [5.41, 5.74) is 1.97. The molecule has 0 radical (unpaired) electrons. The number of nitrogens with one attached hydrogen (secondary N) is 1. The molecule has 0 aromatic carbocycles. The van der Waals surface area contributed by atoms with Gasteiger partial charge >= 0.3 is 5.97 Å². The van der Waals surface area contributed by atoms with Crippen molar-refractivity contribution in [3.8, 4) is 0 Å². The topological polar surface area (TPSA) is 69.0 Å². The Hall–Kier alpha value is -1.89. The molecule has 0 aliphatic heterocycles. The van der Waals surface area contributed by atoms with Gasteiger partial charge in [-0.2, -0.15) is 9.47 Å². The van der Waals surface area contributed by atoms with Crippen molar-refractivity contribution in [2.45, 2.75) is 13.8 Å². The highest BCUT2D eigenvalue weighted by atomic mass is 32.1. The van der Waals surface area contributed by atoms with Crippen LogP contribution >= 0.6 is 11.5 Å². The van der Waals surface area contributed by atoms with Crippen LogP contribution in [0.15, 0.2) is 12.4 Å². The van der Waals surface area contributed by atoms with Gasteiger partial charge < -0.3 is 10.1 Å². The van der Waals surface area contributed by atoms with Gasteiger partial charge in [-0.25, -0.2) is 4.79 Å². The molecule has 0 amide bonds. The second kappa shape index (κ2) is 5.18. The van der Waals surface area contributed by atoms with Crippen molar-refractivity contribution in [2.24, 2.45) is 7.05 Å². The zero-order valence-electron chi connectivity index (χ0n) is 10.4. The third kappa shape index (κ3) is 2.51. The number of ether oxygens (including phenoxy) is 1. The fraction of sp³-hybridized carbons (Fsp3) is 0.364. The van der Waals surface area contributed by atoms with Crippen LogP contribution in [0, 0.1) is 6.92 Å². The van der Waals surface area contributed by atoms with Gasteiger partial charge in [0.2, 0.25) is 0 Å². The van der Waals surface area contributed by atoms with Gasteiger partial charge in [-0.1, -0.05) is 0 Å². The van der Waals surface area contributed by atoms with Crippen LogP contribution in [0.4, 0.5) is 10.7 Å². The van der Waals surface area contributed by atoms with E-state index in [1.165, 1.54) is 11.5 Å². The summed E-state index contributed by atoms with van der Waals surface area (Å²) in [6.07, 6.45) is 3.51. The van der Waals surface area contributed by atoms with Crippen molar-refractivity contribution in [1.29, 1.82) is 0 Å². The first-order valence-corrected chi connectivity index (χ1v) is 6.28. The number of carbonyl (C=O) groups excluding carboxylic acids is 1. The molecule has 0 aliphatic carbocycles. The molecule has 96 valence electrons. The van der Waals surface area contributed by atoms with Gasteiger partial charge in [0.05, 0.1) is 24.2 Å². The number of carbonyl (C=O) groups is 1. The van der Waals surface area contributed by atoms with Gasteiger partial charge in [0.1, 0.15) is 10.6 Å². The molecule has 18 heavy (non-hydrogen) atoms. The third-order valence-corrected chi connectivity index (χ3v) is 3.16. The summed E-state index contributed by atoms with van der Waals surface area (Å²) in [5.74, 6) is -0.352. The zero-order valence-corrected chi connectivity index (χ0v) is 11.2. The van der Waals surface area contributed by atoms with Gasteiger partial charge in [-0.15, -0.1) is 0 Å². The molecule has 7 heteroatoms. The summed E-state index contributed by atoms with van der Waals surface area (Å²) in [4.78, 5) is 11.8. The summed E-state index contributed by atoms with van der Waals surface area (Å²) in [7, 11) is 1.83. The molecule has 0 fully saturated rings. The molecular formula is C11H14N4O2S. The summed E-state index contributed by atoms with van der Waals surface area (Å²) >= 11 is 1.24. The molecule has 0 bridgehead atoms. The maximum absolute atomic E-state index is 11.8. The van der Waals surface area contributed by atoms with Crippen LogP contribution in [0.1, 0.15) is 23.0 Å². The van der Waals surface area contributed by atoms with E-state index in [-0.39, 0.29) is 5.97 Å². The average Bonchev–Trinajstić information content (AvgIpc) is 2.87. The van der Waals surface area contributed by atoms with Crippen molar-refractivity contribution in [1.82, 2.24) is 14.2 Å². The number of rotatable bonds is 4. The summed E-state index contributed by atoms with van der Waals surface area (Å²) in [6, 6.07) is 0. The molecule has 0 spiro atoms. The molecule has 0 aliphatic rings. The first-order chi connectivity index (χ1) is 8.61. The smallest absolute Gasteiger partial charge is 0.343 e. The van der Waals surface area contributed by atoms with E-state index >= 15 is 0 Å². The Morgan fingerprint density at radius 3 is 3.00 bits per heavy atom. The van der Waals surface area contributed by atoms with Crippen LogP contribution in [0.5, 0.6) is 0 Å². The van der Waals surface area contributed by atoms with Gasteiger partial charge in [-0.05, 0) is 25.4 Å². The van der Waals surface area contributed by atoms with Crippen molar-refractivity contribution in [3.05, 3.63) is 23.7 Å². The number of aryl methyl sites for hydroxylation is 2. The largest absolute Gasteiger partial charge is 0.462 e. The number of nitrogens with zero attached hydrogens (tertiary/aromatic N) is 3. The lowest BCUT2D eigenvalue weighted by Crippen LogP contribution is -2.07. The molecule has 0 atom stereocenters. The van der Waals surface area contributed by atoms with Crippen molar-refractivity contribution in [2.75, 3.05) is 11.9 Å². The number of hydrogen-bond acceptors (Lipinski definition) is 6. The molecular weight excluding hydrogens is 252 g/mol. The van der Waals surface area contributed by atoms with E-state index in [4.69, 9.17) is 4.74 Å². The lowest BCUT2D eigenvalue weighted by Gasteiger charge is -2.04. The Morgan fingerprint density at radius 1 is 1.61 bits per heavy atom. The molecule has 1 N–H and O–H groups in total. The van der Waals surface area contributed by atoms with Crippen LogP contribution in [-0.4, -0.2) is 26.7 Å². The van der Waals surface area contributed by atoms with E-state index in [2.05, 4.69) is 14.8 Å². The lowest BCUT2D eigenvalue weighted by atomic mass is 10.2. The first-order valence-electron chi connectivity index (χ1n) is 5.51. The number of anilines is 2. The van der Waals surface area contributed by atoms with E-state index in [0.717, 1.165) is 5.69 Å². The van der Waals surface area contributed by atoms with Gasteiger partial charge in [0, 0.05) is 13.2 Å². The first kappa shape index (κ1) is 12.6. The van der Waals surface area contributed by atoms with Gasteiger partial charge in [0.25, 0.3) is 0 Å². The van der Waals surface area contributed by atoms with E-state index in [0.29, 0.717) is 22.9 Å². The van der Waals surface area contributed by atoms with Crippen LogP contribution in [-0.2, 0) is 11.8 Å². The second-order valence-corrected chi connectivity index (χ2v) is 4.49. The zero-order chi connectivity index (χ0) is 13.1. The Morgan fingerprint density at radius 2 is 2.39 bits per heavy atom. The number of esters is 1. The highest BCUT2D eigenvalue weighted by molar-refractivity contribution is 7.10. The molecule has 0 saturated carbocycles. The normalized spacial score (nSPS) is 10.4. The van der Waals surface area contributed by atoms with Gasteiger partial charge in [-0.3, -0.25) is 4.68 Å². The minimum Gasteiger partial charge on any atom is -0.462 e. The third-order valence-electron chi connectivity index (χ3n) is 2.31. The standard InChI is InChI=1S/C11H14N4O2S/c1-4-17-11(16)9-7(2)14-18-10(9)13-8-5-12-15(3)6-8/h5-6,13H,4H2,1-3H3. The SMILES string of the molecule is CCOC(=O)c1c(C)nsc1Nc1cnn(C)c1. The second-order valence-electron chi connectivity index (χ2n) is 3.72. The van der Waals surface area contributed by atoms with E-state index < -0.39 is 0 Å². The summed E-state index contributed by atoms with van der Waals surface area (Å²) < 4.78 is 10.9. The van der Waals surface area contributed by atoms with Crippen LogP contribution in [0.3, 0.4) is 0 Å². The lowest BCUT2D eigenvalue weighted by molar-refractivity contribution is 0.0527. The minimum atomic E-state index is -0.352. The summed E-state index contributed by atoms with van der Waals surface area (Å²) in [5, 5.41) is 7.86. The number of hydrogen-bond donors (Lipinski definition) is 1. The molecule has 2 aromatic rings. The maximum Gasteiger partial charge on any atom is 0.343 e. The minimum absolute atomic E-state index is 0.348. The summed E-state index contributed by atoms with van der Waals surface area (Å²) in [6.45, 7) is 3.92. The fourth-order valence-corrected chi connectivity index (χ4v) is 2.32. The quantitative estimate of drug-likeness (QED) is 0.858.